The average Bonchev–Trinajstić information content (AvgIpc) is 2.60. The molecule has 2 aromatic carbocycles. The Bertz CT molecular complexity index is 814. The van der Waals surface area contributed by atoms with Crippen LogP contribution >= 0.6 is 0 Å². The predicted molar refractivity (Wildman–Crippen MR) is 99.8 cm³/mol. The Balaban J connectivity index is 2.06. The van der Waals surface area contributed by atoms with E-state index in [1.807, 2.05) is 36.1 Å². The highest BCUT2D eigenvalue weighted by molar-refractivity contribution is 5.79. The minimum atomic E-state index is -0.450. The summed E-state index contributed by atoms with van der Waals surface area (Å²) >= 11 is 0. The summed E-state index contributed by atoms with van der Waals surface area (Å²) < 4.78 is 18.9. The third-order valence-corrected chi connectivity index (χ3v) is 4.24. The fourth-order valence-electron chi connectivity index (χ4n) is 2.57. The van der Waals surface area contributed by atoms with E-state index in [1.54, 1.807) is 13.0 Å². The minimum absolute atomic E-state index is 0.283. The van der Waals surface area contributed by atoms with Crippen LogP contribution in [0, 0.1) is 25.1 Å². The Labute approximate surface area is 153 Å². The first-order chi connectivity index (χ1) is 12.4. The number of rotatable bonds is 8. The van der Waals surface area contributed by atoms with Gasteiger partial charge in [-0.15, -0.1) is 6.42 Å². The van der Waals surface area contributed by atoms with Crippen LogP contribution in [0.25, 0.3) is 0 Å². The molecule has 0 aliphatic carbocycles. The lowest BCUT2D eigenvalue weighted by molar-refractivity contribution is -0.122. The first-order valence-corrected chi connectivity index (χ1v) is 8.34. The highest BCUT2D eigenvalue weighted by Gasteiger charge is 2.19. The Morgan fingerprint density at radius 3 is 2.73 bits per heavy atom. The Kier molecular flexibility index (Phi) is 6.76. The van der Waals surface area contributed by atoms with E-state index in [2.05, 4.69) is 5.92 Å². The molecular weight excluding hydrogens is 331 g/mol. The molecule has 0 fully saturated rings. The Morgan fingerprint density at radius 1 is 1.35 bits per heavy atom. The number of amides is 1. The molecule has 136 valence electrons. The zero-order valence-electron chi connectivity index (χ0n) is 15.0. The number of halogens is 1. The van der Waals surface area contributed by atoms with Crippen molar-refractivity contribution < 1.29 is 13.9 Å². The van der Waals surface area contributed by atoms with E-state index in [0.717, 1.165) is 16.7 Å². The van der Waals surface area contributed by atoms with Crippen molar-refractivity contribution in [3.05, 3.63) is 65.0 Å². The summed E-state index contributed by atoms with van der Waals surface area (Å²) in [5.41, 5.74) is 8.21. The molecule has 0 heterocycles. The number of primary amides is 1. The first kappa shape index (κ1) is 19.5. The fourth-order valence-corrected chi connectivity index (χ4v) is 2.57. The summed E-state index contributed by atoms with van der Waals surface area (Å²) in [7, 11) is 0. The molecule has 2 aromatic rings. The highest BCUT2D eigenvalue weighted by atomic mass is 19.1. The van der Waals surface area contributed by atoms with Gasteiger partial charge in [0.1, 0.15) is 18.2 Å². The van der Waals surface area contributed by atoms with Crippen LogP contribution in [0.15, 0.2) is 42.5 Å². The van der Waals surface area contributed by atoms with Gasteiger partial charge in [0.15, 0.2) is 0 Å². The largest absolute Gasteiger partial charge is 0.489 e. The van der Waals surface area contributed by atoms with Gasteiger partial charge in [-0.05, 0) is 54.8 Å². The molecule has 4 nitrogen and oxygen atoms in total. The van der Waals surface area contributed by atoms with Gasteiger partial charge in [0.2, 0.25) is 5.91 Å². The van der Waals surface area contributed by atoms with Gasteiger partial charge >= 0.3 is 0 Å². The second kappa shape index (κ2) is 9.02. The summed E-state index contributed by atoms with van der Waals surface area (Å²) in [4.78, 5) is 13.3. The fraction of sp³-hybridized carbons (Fsp3) is 0.286. The molecule has 0 aromatic heterocycles. The van der Waals surface area contributed by atoms with Crippen molar-refractivity contribution in [2.75, 3.05) is 6.54 Å². The van der Waals surface area contributed by atoms with Crippen LogP contribution in [0.5, 0.6) is 5.75 Å². The number of ether oxygens (including phenoxy) is 1. The molecule has 0 saturated heterocycles. The monoisotopic (exact) mass is 354 g/mol. The molecule has 0 spiro atoms. The van der Waals surface area contributed by atoms with Crippen LogP contribution in [0.2, 0.25) is 0 Å². The van der Waals surface area contributed by atoms with Crippen molar-refractivity contribution in [3.8, 4) is 18.1 Å². The third kappa shape index (κ3) is 5.33. The molecular formula is C21H23FN2O2. The molecule has 0 aliphatic heterocycles. The van der Waals surface area contributed by atoms with Crippen LogP contribution in [-0.2, 0) is 17.9 Å². The smallest absolute Gasteiger partial charge is 0.234 e. The van der Waals surface area contributed by atoms with Crippen LogP contribution in [0.3, 0.4) is 0 Å². The van der Waals surface area contributed by atoms with Crippen molar-refractivity contribution in [2.45, 2.75) is 33.0 Å². The summed E-state index contributed by atoms with van der Waals surface area (Å²) in [6, 6.07) is 11.6. The third-order valence-electron chi connectivity index (χ3n) is 4.24. The molecule has 2 rings (SSSR count). The lowest BCUT2D eigenvalue weighted by atomic mass is 10.1. The molecule has 26 heavy (non-hydrogen) atoms. The second-order valence-corrected chi connectivity index (χ2v) is 6.19. The number of hydrogen-bond donors (Lipinski definition) is 1. The Hall–Kier alpha value is -2.84. The molecule has 0 aliphatic rings. The van der Waals surface area contributed by atoms with Crippen LogP contribution in [0.1, 0.15) is 23.6 Å². The SMILES string of the molecule is C#CCN(Cc1ccc(OCc2cccc(F)c2)cc1C)[C@@H](C)C(N)=O. The molecule has 0 saturated carbocycles. The highest BCUT2D eigenvalue weighted by Crippen LogP contribution is 2.20. The number of terminal acetylenes is 1. The summed E-state index contributed by atoms with van der Waals surface area (Å²) in [6.45, 7) is 4.85. The van der Waals surface area contributed by atoms with Crippen molar-refractivity contribution in [1.29, 1.82) is 0 Å². The summed E-state index contributed by atoms with van der Waals surface area (Å²) in [5.74, 6) is 2.56. The maximum atomic E-state index is 13.2. The first-order valence-electron chi connectivity index (χ1n) is 8.34. The van der Waals surface area contributed by atoms with E-state index in [1.165, 1.54) is 12.1 Å². The summed E-state index contributed by atoms with van der Waals surface area (Å²) in [5, 5.41) is 0. The predicted octanol–water partition coefficient (Wildman–Crippen LogP) is 3.02. The maximum Gasteiger partial charge on any atom is 0.234 e. The lowest BCUT2D eigenvalue weighted by Crippen LogP contribution is -2.42. The van der Waals surface area contributed by atoms with E-state index in [-0.39, 0.29) is 5.82 Å². The van der Waals surface area contributed by atoms with Gasteiger partial charge in [0, 0.05) is 6.54 Å². The number of nitrogens with zero attached hydrogens (tertiary/aromatic N) is 1. The van der Waals surface area contributed by atoms with E-state index in [9.17, 15) is 9.18 Å². The molecule has 1 atom stereocenters. The number of nitrogens with two attached hydrogens (primary N) is 1. The van der Waals surface area contributed by atoms with Crippen LogP contribution in [-0.4, -0.2) is 23.4 Å². The van der Waals surface area contributed by atoms with E-state index in [0.29, 0.717) is 25.4 Å². The van der Waals surface area contributed by atoms with Crippen LogP contribution < -0.4 is 10.5 Å². The number of benzene rings is 2. The van der Waals surface area contributed by atoms with E-state index < -0.39 is 11.9 Å². The quantitative estimate of drug-likeness (QED) is 0.742. The van der Waals surface area contributed by atoms with Crippen molar-refractivity contribution in [2.24, 2.45) is 5.73 Å². The van der Waals surface area contributed by atoms with Crippen molar-refractivity contribution >= 4 is 5.91 Å². The topological polar surface area (TPSA) is 55.6 Å². The molecule has 2 N–H and O–H groups in total. The number of aryl methyl sites for hydroxylation is 1. The average molecular weight is 354 g/mol. The maximum absolute atomic E-state index is 13.2. The van der Waals surface area contributed by atoms with Crippen molar-refractivity contribution in [3.63, 3.8) is 0 Å². The number of carbonyl (C=O) groups is 1. The Morgan fingerprint density at radius 2 is 2.12 bits per heavy atom. The molecule has 5 heteroatoms. The normalized spacial score (nSPS) is 11.8. The standard InChI is InChI=1S/C21H23FN2O2/c1-4-10-24(16(3)21(23)25)13-18-8-9-20(11-15(18)2)26-14-17-6-5-7-19(22)12-17/h1,5-9,11-12,16H,10,13-14H2,2-3H3,(H2,23,25)/t16-/m0/s1. The number of carbonyl (C=O) groups excluding carboxylic acids is 1. The minimum Gasteiger partial charge on any atom is -0.489 e. The van der Waals surface area contributed by atoms with Gasteiger partial charge in [-0.3, -0.25) is 9.69 Å². The van der Waals surface area contributed by atoms with Gasteiger partial charge in [0.25, 0.3) is 0 Å². The lowest BCUT2D eigenvalue weighted by Gasteiger charge is -2.25. The van der Waals surface area contributed by atoms with Crippen LogP contribution in [0.4, 0.5) is 4.39 Å². The van der Waals surface area contributed by atoms with Gasteiger partial charge in [-0.2, -0.15) is 0 Å². The van der Waals surface area contributed by atoms with Gasteiger partial charge < -0.3 is 10.5 Å². The molecule has 0 unspecified atom stereocenters. The van der Waals surface area contributed by atoms with Gasteiger partial charge in [0.05, 0.1) is 12.6 Å². The second-order valence-electron chi connectivity index (χ2n) is 6.19. The number of hydrogen-bond acceptors (Lipinski definition) is 3. The zero-order valence-corrected chi connectivity index (χ0v) is 15.0. The molecule has 0 bridgehead atoms. The molecule has 1 amide bonds. The van der Waals surface area contributed by atoms with E-state index >= 15 is 0 Å². The zero-order chi connectivity index (χ0) is 19.1. The van der Waals surface area contributed by atoms with E-state index in [4.69, 9.17) is 16.9 Å². The van der Waals surface area contributed by atoms with Gasteiger partial charge in [-0.1, -0.05) is 24.1 Å². The van der Waals surface area contributed by atoms with Gasteiger partial charge in [-0.25, -0.2) is 4.39 Å². The summed E-state index contributed by atoms with van der Waals surface area (Å²) in [6.07, 6.45) is 5.40. The van der Waals surface area contributed by atoms with Crippen molar-refractivity contribution in [1.82, 2.24) is 4.90 Å². The molecule has 0 radical (unpaired) electrons.